The zero-order valence-electron chi connectivity index (χ0n) is 30.1. The van der Waals surface area contributed by atoms with Crippen LogP contribution in [0.3, 0.4) is 0 Å². The maximum absolute atomic E-state index is 13.9. The smallest absolute Gasteiger partial charge is 0.246 e. The lowest BCUT2D eigenvalue weighted by Gasteiger charge is -2.36. The Kier molecular flexibility index (Phi) is 13.4. The van der Waals surface area contributed by atoms with Crippen molar-refractivity contribution in [3.63, 3.8) is 0 Å². The lowest BCUT2D eigenvalue weighted by molar-refractivity contribution is -0.143. The molecule has 3 atom stereocenters. The van der Waals surface area contributed by atoms with Gasteiger partial charge in [0.05, 0.1) is 29.7 Å². The van der Waals surface area contributed by atoms with Gasteiger partial charge in [0.2, 0.25) is 11.8 Å². The number of nitrogens with zero attached hydrogens (tertiary/aromatic N) is 3. The number of halogens is 3. The molecule has 4 aromatic rings. The fraction of sp³-hybridized carbons (Fsp3) is 0.395. The number of carbonyl (C=O) groups excluding carboxylic acids is 3. The highest BCUT2D eigenvalue weighted by Gasteiger charge is 2.42. The number of hydrogen-bond acceptors (Lipinski definition) is 9. The topological polar surface area (TPSA) is 135 Å². The molecule has 0 radical (unpaired) electrons. The maximum atomic E-state index is 13.9. The summed E-state index contributed by atoms with van der Waals surface area (Å²) in [5.74, 6) is 0.377. The van der Waals surface area contributed by atoms with E-state index < -0.39 is 23.5 Å². The molecule has 0 aliphatic carbocycles. The molecule has 14 heteroatoms. The quantitative estimate of drug-likeness (QED) is 0.141. The number of methoxy groups -OCH3 is 1. The number of Topliss-reactive ketones (excluding diaryl/α,β-unsaturated/α-hetero) is 1. The number of anilines is 2. The van der Waals surface area contributed by atoms with Crippen molar-refractivity contribution in [1.29, 1.82) is 0 Å². The number of amides is 2. The van der Waals surface area contributed by atoms with Gasteiger partial charge in [0.25, 0.3) is 0 Å². The highest BCUT2D eigenvalue weighted by Crippen LogP contribution is 2.34. The molecular formula is C38H45Cl2FN6O5. The average Bonchev–Trinajstić information content (AvgIpc) is 3.59. The van der Waals surface area contributed by atoms with Crippen molar-refractivity contribution < 1.29 is 28.2 Å². The molecule has 1 aliphatic heterocycles. The number of rotatable bonds is 13. The number of ketones is 1. The summed E-state index contributed by atoms with van der Waals surface area (Å²) < 4.78 is 25.1. The van der Waals surface area contributed by atoms with Crippen molar-refractivity contribution >= 4 is 64.0 Å². The molecule has 52 heavy (non-hydrogen) atoms. The summed E-state index contributed by atoms with van der Waals surface area (Å²) in [5.41, 5.74) is 1.95. The van der Waals surface area contributed by atoms with E-state index in [-0.39, 0.29) is 48.8 Å². The fourth-order valence-corrected chi connectivity index (χ4v) is 6.30. The standard InChI is InChI=1S/C38H44ClFN6O5.ClH/c1-22(41-5)36(48)45-34(38(2,3)4)37(49)46-14-8-11-30(46)31(47)17-24-16-27-29(19-33(24)50-6)42-21-43-35(27)44-26-12-13-32(28(39)18-26)51-20-23-9-7-10-25(40)15-23;/h7,9-10,12-13,15-16,18-19,21-22,30,34,41H,8,11,14,17,20H2,1-6H3,(H,45,48)(H,42,43,44);1H/t22-,30-,34+;/m0./s1. The molecule has 3 N–H and O–H groups in total. The molecule has 0 saturated carbocycles. The predicted octanol–water partition coefficient (Wildman–Crippen LogP) is 6.42. The van der Waals surface area contributed by atoms with E-state index in [9.17, 15) is 18.8 Å². The Morgan fingerprint density at radius 1 is 1.08 bits per heavy atom. The van der Waals surface area contributed by atoms with Gasteiger partial charge in [-0.1, -0.05) is 44.5 Å². The number of benzene rings is 3. The fourth-order valence-electron chi connectivity index (χ4n) is 6.06. The Morgan fingerprint density at radius 3 is 2.52 bits per heavy atom. The van der Waals surface area contributed by atoms with Crippen LogP contribution in [0.15, 0.2) is 60.9 Å². The zero-order valence-corrected chi connectivity index (χ0v) is 31.7. The molecule has 5 rings (SSSR count). The predicted molar refractivity (Wildman–Crippen MR) is 202 cm³/mol. The van der Waals surface area contributed by atoms with Crippen LogP contribution in [-0.4, -0.2) is 71.3 Å². The van der Waals surface area contributed by atoms with Gasteiger partial charge in [-0.25, -0.2) is 14.4 Å². The Balaban J connectivity index is 0.00000605. The van der Waals surface area contributed by atoms with Gasteiger partial charge in [0.15, 0.2) is 5.78 Å². The Labute approximate surface area is 314 Å². The summed E-state index contributed by atoms with van der Waals surface area (Å²) in [6.45, 7) is 7.99. The minimum Gasteiger partial charge on any atom is -0.496 e. The van der Waals surface area contributed by atoms with Gasteiger partial charge >= 0.3 is 0 Å². The van der Waals surface area contributed by atoms with Crippen LogP contribution in [0, 0.1) is 11.2 Å². The lowest BCUT2D eigenvalue weighted by atomic mass is 9.85. The normalized spacial score (nSPS) is 15.4. The Morgan fingerprint density at radius 2 is 1.85 bits per heavy atom. The summed E-state index contributed by atoms with van der Waals surface area (Å²) in [7, 11) is 3.21. The van der Waals surface area contributed by atoms with E-state index in [1.807, 2.05) is 26.8 Å². The summed E-state index contributed by atoms with van der Waals surface area (Å²) in [6.07, 6.45) is 2.63. The Hall–Kier alpha value is -4.52. The lowest BCUT2D eigenvalue weighted by Crippen LogP contribution is -2.58. The largest absolute Gasteiger partial charge is 0.496 e. The molecule has 0 spiro atoms. The van der Waals surface area contributed by atoms with Crippen LogP contribution >= 0.6 is 24.0 Å². The Bertz CT molecular complexity index is 1920. The summed E-state index contributed by atoms with van der Waals surface area (Å²) in [4.78, 5) is 51.2. The number of aromatic nitrogens is 2. The third-order valence-corrected chi connectivity index (χ3v) is 9.31. The highest BCUT2D eigenvalue weighted by molar-refractivity contribution is 6.32. The van der Waals surface area contributed by atoms with E-state index in [4.69, 9.17) is 21.1 Å². The van der Waals surface area contributed by atoms with Crippen LogP contribution < -0.4 is 25.4 Å². The van der Waals surface area contributed by atoms with Crippen molar-refractivity contribution in [2.45, 2.75) is 71.7 Å². The van der Waals surface area contributed by atoms with E-state index in [0.29, 0.717) is 69.4 Å². The first kappa shape index (κ1) is 40.3. The first-order valence-electron chi connectivity index (χ1n) is 16.8. The number of likely N-dealkylation sites (tertiary alicyclic amines) is 1. The number of carbonyl (C=O) groups is 3. The van der Waals surface area contributed by atoms with Gasteiger partial charge < -0.3 is 30.3 Å². The van der Waals surface area contributed by atoms with Crippen LogP contribution in [0.25, 0.3) is 10.9 Å². The summed E-state index contributed by atoms with van der Waals surface area (Å²) >= 11 is 6.54. The number of hydrogen-bond donors (Lipinski definition) is 3. The first-order valence-corrected chi connectivity index (χ1v) is 17.2. The van der Waals surface area contributed by atoms with E-state index in [0.717, 1.165) is 0 Å². The third-order valence-electron chi connectivity index (χ3n) is 9.01. The summed E-state index contributed by atoms with van der Waals surface area (Å²) in [6, 6.07) is 13.0. The minimum absolute atomic E-state index is 0. The molecule has 0 unspecified atom stereocenters. The van der Waals surface area contributed by atoms with E-state index in [1.165, 1.54) is 25.6 Å². The number of fused-ring (bicyclic) bond motifs is 1. The second kappa shape index (κ2) is 17.3. The minimum atomic E-state index is -0.808. The van der Waals surface area contributed by atoms with Crippen molar-refractivity contribution in [3.8, 4) is 11.5 Å². The molecule has 278 valence electrons. The summed E-state index contributed by atoms with van der Waals surface area (Å²) in [5, 5.41) is 10.1. The molecule has 1 aromatic heterocycles. The second-order valence-corrected chi connectivity index (χ2v) is 14.2. The van der Waals surface area contributed by atoms with Crippen molar-refractivity contribution in [1.82, 2.24) is 25.5 Å². The zero-order chi connectivity index (χ0) is 36.9. The second-order valence-electron chi connectivity index (χ2n) is 13.7. The van der Waals surface area contributed by atoms with Gasteiger partial charge in [-0.15, -0.1) is 12.4 Å². The van der Waals surface area contributed by atoms with E-state index in [1.54, 1.807) is 55.3 Å². The highest BCUT2D eigenvalue weighted by atomic mass is 35.5. The molecular weight excluding hydrogens is 710 g/mol. The monoisotopic (exact) mass is 754 g/mol. The molecule has 0 bridgehead atoms. The van der Waals surface area contributed by atoms with Crippen LogP contribution in [0.4, 0.5) is 15.9 Å². The van der Waals surface area contributed by atoms with Crippen molar-refractivity contribution in [3.05, 3.63) is 82.9 Å². The van der Waals surface area contributed by atoms with Gasteiger partial charge in [0.1, 0.15) is 42.1 Å². The number of likely N-dealkylation sites (N-methyl/N-ethyl adjacent to an activating group) is 1. The molecule has 3 aromatic carbocycles. The number of ether oxygens (including phenoxy) is 2. The molecule has 2 amide bonds. The van der Waals surface area contributed by atoms with Gasteiger partial charge in [0, 0.05) is 35.7 Å². The van der Waals surface area contributed by atoms with E-state index >= 15 is 0 Å². The molecule has 11 nitrogen and oxygen atoms in total. The van der Waals surface area contributed by atoms with Crippen LogP contribution in [0.2, 0.25) is 5.02 Å². The SMILES string of the molecule is CN[C@@H](C)C(=O)N[C@H](C(=O)N1CCC[C@H]1C(=O)Cc1cc2c(Nc3ccc(OCc4cccc(F)c4)c(Cl)c3)ncnc2cc1OC)C(C)(C)C.Cl. The number of nitrogens with one attached hydrogen (secondary N) is 3. The van der Waals surface area contributed by atoms with Gasteiger partial charge in [-0.05, 0) is 74.2 Å². The van der Waals surface area contributed by atoms with Crippen LogP contribution in [0.5, 0.6) is 11.5 Å². The maximum Gasteiger partial charge on any atom is 0.246 e. The molecule has 1 fully saturated rings. The van der Waals surface area contributed by atoms with Crippen molar-refractivity contribution in [2.24, 2.45) is 5.41 Å². The molecule has 1 saturated heterocycles. The van der Waals surface area contributed by atoms with Crippen molar-refractivity contribution in [2.75, 3.05) is 26.0 Å². The molecule has 2 heterocycles. The third kappa shape index (κ3) is 9.47. The average molecular weight is 756 g/mol. The molecule has 1 aliphatic rings. The van der Waals surface area contributed by atoms with Crippen LogP contribution in [0.1, 0.15) is 51.7 Å². The van der Waals surface area contributed by atoms with Gasteiger partial charge in [-0.3, -0.25) is 14.4 Å². The first-order chi connectivity index (χ1) is 24.3. The van der Waals surface area contributed by atoms with Crippen LogP contribution in [-0.2, 0) is 27.4 Å². The van der Waals surface area contributed by atoms with E-state index in [2.05, 4.69) is 25.9 Å². The van der Waals surface area contributed by atoms with Gasteiger partial charge in [-0.2, -0.15) is 0 Å².